The van der Waals surface area contributed by atoms with Gasteiger partial charge < -0.3 is 5.32 Å². The van der Waals surface area contributed by atoms with Gasteiger partial charge in [-0.1, -0.05) is 6.07 Å². The molecule has 94 valence electrons. The van der Waals surface area contributed by atoms with E-state index in [-0.39, 0.29) is 0 Å². The highest BCUT2D eigenvalue weighted by molar-refractivity contribution is 7.16. The molecule has 1 heterocycles. The van der Waals surface area contributed by atoms with Gasteiger partial charge in [-0.05, 0) is 30.3 Å². The molecular weight excluding hydrogens is 268 g/mol. The molecule has 0 fully saturated rings. The Balaban J connectivity index is 2.07. The van der Waals surface area contributed by atoms with Gasteiger partial charge in [0.15, 0.2) is 0 Å². The molecule has 0 unspecified atom stereocenters. The molecule has 0 aliphatic carbocycles. The molecule has 3 aromatic rings. The summed E-state index contributed by atoms with van der Waals surface area (Å²) in [7, 11) is 0. The number of para-hydroxylation sites is 1. The van der Waals surface area contributed by atoms with E-state index in [2.05, 4.69) is 22.4 Å². The number of hydrogen-bond acceptors (Lipinski definition) is 5. The van der Waals surface area contributed by atoms with Gasteiger partial charge in [0.2, 0.25) is 0 Å². The van der Waals surface area contributed by atoms with Gasteiger partial charge in [0.1, 0.15) is 12.1 Å². The Morgan fingerprint density at radius 1 is 1.05 bits per heavy atom. The fourth-order valence-electron chi connectivity index (χ4n) is 1.95. The minimum atomic E-state index is 0.452. The lowest BCUT2D eigenvalue weighted by Gasteiger charge is -2.09. The van der Waals surface area contributed by atoms with Crippen LogP contribution in [0.25, 0.3) is 10.2 Å². The molecule has 0 atom stereocenters. The van der Waals surface area contributed by atoms with E-state index in [0.717, 1.165) is 15.9 Å². The van der Waals surface area contributed by atoms with Crippen LogP contribution >= 0.6 is 11.3 Å². The van der Waals surface area contributed by atoms with E-state index in [1.54, 1.807) is 35.0 Å². The van der Waals surface area contributed by atoms with Crippen LogP contribution in [0.1, 0.15) is 11.1 Å². The lowest BCUT2D eigenvalue weighted by molar-refractivity contribution is 1.42. The maximum atomic E-state index is 9.15. The van der Waals surface area contributed by atoms with Crippen molar-refractivity contribution in [3.63, 3.8) is 0 Å². The third-order valence-corrected chi connectivity index (χ3v) is 3.70. The number of rotatable bonds is 2. The predicted molar refractivity (Wildman–Crippen MR) is 78.8 cm³/mol. The Bertz CT molecular complexity index is 835. The number of nitriles is 2. The average Bonchev–Trinajstić information content (AvgIpc) is 2.95. The van der Waals surface area contributed by atoms with Gasteiger partial charge >= 0.3 is 0 Å². The van der Waals surface area contributed by atoms with Crippen LogP contribution in [0.4, 0.5) is 11.4 Å². The minimum Gasteiger partial charge on any atom is -0.353 e. The van der Waals surface area contributed by atoms with Crippen molar-refractivity contribution in [3.8, 4) is 12.1 Å². The summed E-state index contributed by atoms with van der Waals surface area (Å²) in [6.07, 6.45) is 0. The second-order valence-electron chi connectivity index (χ2n) is 4.11. The second-order valence-corrected chi connectivity index (χ2v) is 5.00. The zero-order valence-electron chi connectivity index (χ0n) is 10.3. The van der Waals surface area contributed by atoms with E-state index in [1.165, 1.54) is 0 Å². The van der Waals surface area contributed by atoms with E-state index in [0.29, 0.717) is 16.8 Å². The summed E-state index contributed by atoms with van der Waals surface area (Å²) in [6, 6.07) is 15.0. The molecule has 1 aromatic heterocycles. The number of anilines is 2. The molecule has 0 amide bonds. The van der Waals surface area contributed by atoms with E-state index in [4.69, 9.17) is 10.5 Å². The zero-order chi connectivity index (χ0) is 13.9. The summed E-state index contributed by atoms with van der Waals surface area (Å²) in [5, 5.41) is 21.5. The predicted octanol–water partition coefficient (Wildman–Crippen LogP) is 3.78. The van der Waals surface area contributed by atoms with Crippen molar-refractivity contribution in [1.82, 2.24) is 4.98 Å². The normalized spacial score (nSPS) is 9.90. The van der Waals surface area contributed by atoms with Gasteiger partial charge in [-0.3, -0.25) is 0 Å². The van der Waals surface area contributed by atoms with Crippen LogP contribution in [-0.2, 0) is 0 Å². The Hall–Kier alpha value is -2.89. The van der Waals surface area contributed by atoms with Crippen LogP contribution in [0.2, 0.25) is 0 Å². The number of fused-ring (bicyclic) bond motifs is 1. The first-order chi connectivity index (χ1) is 9.81. The second kappa shape index (κ2) is 5.00. The molecule has 5 heteroatoms. The summed E-state index contributed by atoms with van der Waals surface area (Å²) in [6.45, 7) is 0. The van der Waals surface area contributed by atoms with Crippen LogP contribution in [0, 0.1) is 22.7 Å². The fourth-order valence-corrected chi connectivity index (χ4v) is 2.67. The fraction of sp³-hybridized carbons (Fsp3) is 0. The van der Waals surface area contributed by atoms with Crippen molar-refractivity contribution in [1.29, 1.82) is 10.5 Å². The van der Waals surface area contributed by atoms with Crippen LogP contribution in [0.5, 0.6) is 0 Å². The quantitative estimate of drug-likeness (QED) is 0.773. The van der Waals surface area contributed by atoms with Crippen LogP contribution in [0.3, 0.4) is 0 Å². The van der Waals surface area contributed by atoms with Crippen LogP contribution in [0.15, 0.2) is 41.9 Å². The van der Waals surface area contributed by atoms with Crippen molar-refractivity contribution in [2.75, 3.05) is 5.32 Å². The molecule has 2 aromatic carbocycles. The van der Waals surface area contributed by atoms with Crippen molar-refractivity contribution in [2.24, 2.45) is 0 Å². The van der Waals surface area contributed by atoms with Gasteiger partial charge in [0, 0.05) is 5.69 Å². The number of benzene rings is 2. The highest BCUT2D eigenvalue weighted by Crippen LogP contribution is 2.27. The van der Waals surface area contributed by atoms with Crippen LogP contribution in [-0.4, -0.2) is 4.98 Å². The van der Waals surface area contributed by atoms with E-state index in [9.17, 15) is 0 Å². The van der Waals surface area contributed by atoms with E-state index in [1.807, 2.05) is 18.2 Å². The summed E-state index contributed by atoms with van der Waals surface area (Å²) in [4.78, 5) is 4.22. The van der Waals surface area contributed by atoms with Gasteiger partial charge in [0.05, 0.1) is 32.5 Å². The summed E-state index contributed by atoms with van der Waals surface area (Å²) in [5.41, 5.74) is 5.01. The molecule has 0 bridgehead atoms. The van der Waals surface area contributed by atoms with Crippen molar-refractivity contribution in [3.05, 3.63) is 53.0 Å². The van der Waals surface area contributed by atoms with Gasteiger partial charge in [-0.2, -0.15) is 10.5 Å². The van der Waals surface area contributed by atoms with Crippen molar-refractivity contribution < 1.29 is 0 Å². The average molecular weight is 276 g/mol. The van der Waals surface area contributed by atoms with Gasteiger partial charge in [-0.25, -0.2) is 4.98 Å². The first-order valence-corrected chi connectivity index (χ1v) is 6.73. The summed E-state index contributed by atoms with van der Waals surface area (Å²) in [5.74, 6) is 0. The molecular formula is C15H8N4S. The Kier molecular flexibility index (Phi) is 3.04. The number of nitrogens with zero attached hydrogens (tertiary/aromatic N) is 3. The topological polar surface area (TPSA) is 72.5 Å². The third-order valence-electron chi connectivity index (χ3n) is 2.91. The number of aromatic nitrogens is 1. The summed E-state index contributed by atoms with van der Waals surface area (Å²) < 4.78 is 1.06. The largest absolute Gasteiger partial charge is 0.353 e. The van der Waals surface area contributed by atoms with Crippen molar-refractivity contribution >= 4 is 32.9 Å². The SMILES string of the molecule is N#Cc1cccc(C#N)c1Nc1ccc2ncsc2c1. The lowest BCUT2D eigenvalue weighted by Crippen LogP contribution is -1.96. The third kappa shape index (κ3) is 2.07. The molecule has 0 spiro atoms. The molecule has 0 aliphatic heterocycles. The molecule has 0 saturated carbocycles. The Labute approximate surface area is 119 Å². The van der Waals surface area contributed by atoms with Crippen LogP contribution < -0.4 is 5.32 Å². The lowest BCUT2D eigenvalue weighted by atomic mass is 10.1. The monoisotopic (exact) mass is 276 g/mol. The Morgan fingerprint density at radius 3 is 2.50 bits per heavy atom. The first-order valence-electron chi connectivity index (χ1n) is 5.85. The smallest absolute Gasteiger partial charge is 0.101 e. The molecule has 20 heavy (non-hydrogen) atoms. The zero-order valence-corrected chi connectivity index (χ0v) is 11.1. The summed E-state index contributed by atoms with van der Waals surface area (Å²) >= 11 is 1.55. The molecule has 0 aliphatic rings. The minimum absolute atomic E-state index is 0.452. The molecule has 0 radical (unpaired) electrons. The maximum absolute atomic E-state index is 9.15. The number of thiazole rings is 1. The standard InChI is InChI=1S/C15H8N4S/c16-7-10-2-1-3-11(8-17)15(10)19-12-4-5-13-14(6-12)20-9-18-13/h1-6,9,19H. The van der Waals surface area contributed by atoms with Gasteiger partial charge in [0.25, 0.3) is 0 Å². The molecule has 0 saturated heterocycles. The first kappa shape index (κ1) is 12.2. The maximum Gasteiger partial charge on any atom is 0.101 e. The van der Waals surface area contributed by atoms with E-state index >= 15 is 0 Å². The number of hydrogen-bond donors (Lipinski definition) is 1. The molecule has 4 nitrogen and oxygen atoms in total. The van der Waals surface area contributed by atoms with Crippen molar-refractivity contribution in [2.45, 2.75) is 0 Å². The highest BCUT2D eigenvalue weighted by Gasteiger charge is 2.08. The van der Waals surface area contributed by atoms with E-state index < -0.39 is 0 Å². The number of nitrogens with one attached hydrogen (secondary N) is 1. The Morgan fingerprint density at radius 2 is 1.80 bits per heavy atom. The highest BCUT2D eigenvalue weighted by atomic mass is 32.1. The molecule has 1 N–H and O–H groups in total. The molecule has 3 rings (SSSR count). The van der Waals surface area contributed by atoms with Gasteiger partial charge in [-0.15, -0.1) is 11.3 Å².